The Labute approximate surface area is 116 Å². The van der Waals surface area contributed by atoms with Crippen LogP contribution in [0.1, 0.15) is 51.0 Å². The molecule has 1 aliphatic carbocycles. The van der Waals surface area contributed by atoms with Gasteiger partial charge in [0.25, 0.3) is 0 Å². The van der Waals surface area contributed by atoms with Gasteiger partial charge in [-0.2, -0.15) is 0 Å². The molecule has 1 N–H and O–H groups in total. The number of nitrogens with one attached hydrogen (secondary N) is 1. The summed E-state index contributed by atoms with van der Waals surface area (Å²) in [5, 5.41) is 3.27. The van der Waals surface area contributed by atoms with Gasteiger partial charge in [-0.1, -0.05) is 13.3 Å². The predicted octanol–water partition coefficient (Wildman–Crippen LogP) is 3.27. The molecule has 2 atom stereocenters. The molecule has 4 heteroatoms. The van der Waals surface area contributed by atoms with Gasteiger partial charge < -0.3 is 10.1 Å². The molecule has 2 rings (SSSR count). The molecule has 2 unspecified atom stereocenters. The van der Waals surface area contributed by atoms with Crippen molar-refractivity contribution in [3.63, 3.8) is 0 Å². The molecule has 0 spiro atoms. The maximum Gasteiger partial charge on any atom is 0.162 e. The zero-order valence-electron chi connectivity index (χ0n) is 12.5. The zero-order chi connectivity index (χ0) is 13.9. The third-order valence-electron chi connectivity index (χ3n) is 3.97. The molecule has 0 saturated heterocycles. The van der Waals surface area contributed by atoms with Crippen LogP contribution in [0.3, 0.4) is 0 Å². The van der Waals surface area contributed by atoms with E-state index in [1.165, 1.54) is 12.8 Å². The van der Waals surface area contributed by atoms with E-state index < -0.39 is 0 Å². The monoisotopic (exact) mass is 263 g/mol. The van der Waals surface area contributed by atoms with Crippen molar-refractivity contribution in [3.05, 3.63) is 17.6 Å². The molecular formula is C15H25N3O. The van der Waals surface area contributed by atoms with Crippen molar-refractivity contribution in [1.82, 2.24) is 9.97 Å². The highest BCUT2D eigenvalue weighted by Gasteiger charge is 2.39. The summed E-state index contributed by atoms with van der Waals surface area (Å²) in [6.07, 6.45) is 4.49. The molecule has 1 saturated carbocycles. The Kier molecular flexibility index (Phi) is 4.40. The smallest absolute Gasteiger partial charge is 0.162 e. The van der Waals surface area contributed by atoms with Gasteiger partial charge in [0, 0.05) is 25.4 Å². The van der Waals surface area contributed by atoms with Crippen LogP contribution in [0.4, 0.5) is 5.82 Å². The van der Waals surface area contributed by atoms with Gasteiger partial charge in [-0.15, -0.1) is 0 Å². The second kappa shape index (κ2) is 5.87. The van der Waals surface area contributed by atoms with Gasteiger partial charge in [-0.3, -0.25) is 0 Å². The standard InChI is InChI=1S/C15H25N3O/c1-5-16-13-9-12(3)17-14(18-13)15(19-4)8-6-7-11(2)10-15/h9,11H,5-8,10H2,1-4H3,(H,16,17,18). The van der Waals surface area contributed by atoms with Crippen LogP contribution in [0.15, 0.2) is 6.07 Å². The summed E-state index contributed by atoms with van der Waals surface area (Å²) < 4.78 is 5.87. The Morgan fingerprint density at radius 3 is 2.89 bits per heavy atom. The number of aryl methyl sites for hydroxylation is 1. The molecule has 1 aliphatic rings. The van der Waals surface area contributed by atoms with Crippen LogP contribution < -0.4 is 5.32 Å². The number of hydrogen-bond acceptors (Lipinski definition) is 4. The number of hydrogen-bond donors (Lipinski definition) is 1. The first kappa shape index (κ1) is 14.3. The fraction of sp³-hybridized carbons (Fsp3) is 0.733. The van der Waals surface area contributed by atoms with Crippen LogP contribution in [0, 0.1) is 12.8 Å². The number of anilines is 1. The van der Waals surface area contributed by atoms with Gasteiger partial charge in [0.05, 0.1) is 0 Å². The molecule has 0 radical (unpaired) electrons. The summed E-state index contributed by atoms with van der Waals surface area (Å²) in [6.45, 7) is 7.24. The fourth-order valence-corrected chi connectivity index (χ4v) is 3.03. The highest BCUT2D eigenvalue weighted by molar-refractivity contribution is 5.36. The van der Waals surface area contributed by atoms with Gasteiger partial charge in [-0.05, 0) is 39.0 Å². The largest absolute Gasteiger partial charge is 0.370 e. The summed E-state index contributed by atoms with van der Waals surface area (Å²) in [5.41, 5.74) is 0.698. The second-order valence-electron chi connectivity index (χ2n) is 5.65. The summed E-state index contributed by atoms with van der Waals surface area (Å²) in [4.78, 5) is 9.32. The van der Waals surface area contributed by atoms with Crippen molar-refractivity contribution in [3.8, 4) is 0 Å². The van der Waals surface area contributed by atoms with Gasteiger partial charge in [0.2, 0.25) is 0 Å². The number of rotatable bonds is 4. The molecule has 4 nitrogen and oxygen atoms in total. The molecular weight excluding hydrogens is 238 g/mol. The highest BCUT2D eigenvalue weighted by Crippen LogP contribution is 2.41. The minimum atomic E-state index is -0.298. The zero-order valence-corrected chi connectivity index (χ0v) is 12.5. The van der Waals surface area contributed by atoms with E-state index >= 15 is 0 Å². The van der Waals surface area contributed by atoms with E-state index in [2.05, 4.69) is 29.1 Å². The first-order valence-corrected chi connectivity index (χ1v) is 7.25. The van der Waals surface area contributed by atoms with Crippen molar-refractivity contribution in [2.24, 2.45) is 5.92 Å². The Morgan fingerprint density at radius 2 is 2.26 bits per heavy atom. The molecule has 0 amide bonds. The van der Waals surface area contributed by atoms with E-state index in [0.29, 0.717) is 5.92 Å². The van der Waals surface area contributed by atoms with E-state index in [0.717, 1.165) is 36.7 Å². The first-order chi connectivity index (χ1) is 9.09. The summed E-state index contributed by atoms with van der Waals surface area (Å²) in [7, 11) is 1.79. The van der Waals surface area contributed by atoms with Crippen LogP contribution in [0.2, 0.25) is 0 Å². The highest BCUT2D eigenvalue weighted by atomic mass is 16.5. The summed E-state index contributed by atoms with van der Waals surface area (Å²) in [5.74, 6) is 2.41. The Morgan fingerprint density at radius 1 is 1.47 bits per heavy atom. The van der Waals surface area contributed by atoms with Gasteiger partial charge in [0.1, 0.15) is 11.4 Å². The minimum Gasteiger partial charge on any atom is -0.370 e. The average Bonchev–Trinajstić information content (AvgIpc) is 2.38. The average molecular weight is 263 g/mol. The molecule has 1 fully saturated rings. The lowest BCUT2D eigenvalue weighted by Crippen LogP contribution is -2.36. The molecule has 0 aliphatic heterocycles. The SMILES string of the molecule is CCNc1cc(C)nc(C2(OC)CCCC(C)C2)n1. The first-order valence-electron chi connectivity index (χ1n) is 7.25. The quantitative estimate of drug-likeness (QED) is 0.905. The lowest BCUT2D eigenvalue weighted by Gasteiger charge is -2.37. The van der Waals surface area contributed by atoms with Crippen LogP contribution in [0.5, 0.6) is 0 Å². The normalized spacial score (nSPS) is 27.3. The van der Waals surface area contributed by atoms with Gasteiger partial charge >= 0.3 is 0 Å². The van der Waals surface area contributed by atoms with E-state index in [-0.39, 0.29) is 5.60 Å². The summed E-state index contributed by atoms with van der Waals surface area (Å²) >= 11 is 0. The van der Waals surface area contributed by atoms with E-state index in [1.54, 1.807) is 7.11 Å². The van der Waals surface area contributed by atoms with E-state index in [4.69, 9.17) is 4.74 Å². The van der Waals surface area contributed by atoms with Crippen LogP contribution in [-0.2, 0) is 10.3 Å². The number of ether oxygens (including phenoxy) is 1. The lowest BCUT2D eigenvalue weighted by atomic mass is 9.78. The Hall–Kier alpha value is -1.16. The maximum atomic E-state index is 5.87. The maximum absolute atomic E-state index is 5.87. The predicted molar refractivity (Wildman–Crippen MR) is 77.3 cm³/mol. The lowest BCUT2D eigenvalue weighted by molar-refractivity contribution is -0.0646. The number of nitrogens with zero attached hydrogens (tertiary/aromatic N) is 2. The van der Waals surface area contributed by atoms with Gasteiger partial charge in [0.15, 0.2) is 5.82 Å². The molecule has 0 aromatic carbocycles. The van der Waals surface area contributed by atoms with Crippen molar-refractivity contribution >= 4 is 5.82 Å². The second-order valence-corrected chi connectivity index (χ2v) is 5.65. The van der Waals surface area contributed by atoms with Crippen LogP contribution in [0.25, 0.3) is 0 Å². The Balaban J connectivity index is 2.36. The molecule has 106 valence electrons. The molecule has 1 aromatic heterocycles. The molecule has 1 heterocycles. The minimum absolute atomic E-state index is 0.298. The summed E-state index contributed by atoms with van der Waals surface area (Å²) in [6, 6.07) is 1.99. The van der Waals surface area contributed by atoms with Crippen molar-refractivity contribution in [2.45, 2.75) is 52.1 Å². The van der Waals surface area contributed by atoms with Crippen LogP contribution in [-0.4, -0.2) is 23.6 Å². The molecule has 0 bridgehead atoms. The third kappa shape index (κ3) is 3.06. The molecule has 1 aromatic rings. The van der Waals surface area contributed by atoms with Crippen molar-refractivity contribution in [2.75, 3.05) is 19.0 Å². The van der Waals surface area contributed by atoms with Gasteiger partial charge in [-0.25, -0.2) is 9.97 Å². The number of methoxy groups -OCH3 is 1. The van der Waals surface area contributed by atoms with Crippen molar-refractivity contribution in [1.29, 1.82) is 0 Å². The van der Waals surface area contributed by atoms with E-state index in [9.17, 15) is 0 Å². The third-order valence-corrected chi connectivity index (χ3v) is 3.97. The van der Waals surface area contributed by atoms with Crippen molar-refractivity contribution < 1.29 is 4.74 Å². The van der Waals surface area contributed by atoms with Crippen LogP contribution >= 0.6 is 0 Å². The Bertz CT molecular complexity index is 435. The topological polar surface area (TPSA) is 47.0 Å². The number of aromatic nitrogens is 2. The fourth-order valence-electron chi connectivity index (χ4n) is 3.03. The van der Waals surface area contributed by atoms with E-state index in [1.807, 2.05) is 13.0 Å². The molecule has 19 heavy (non-hydrogen) atoms.